The molecular formula is C38H44N6O7S2. The van der Waals surface area contributed by atoms with Crippen LogP contribution in [0.3, 0.4) is 0 Å². The number of aliphatic hydroxyl groups is 1. The Morgan fingerprint density at radius 3 is 1.83 bits per heavy atom. The van der Waals surface area contributed by atoms with Gasteiger partial charge in [-0.15, -0.1) is 22.7 Å². The topological polar surface area (TPSA) is 185 Å². The number of carboxylic acids is 2. The molecule has 2 amide bonds. The fraction of sp³-hybridized carbons (Fsp3) is 0.421. The van der Waals surface area contributed by atoms with Crippen LogP contribution >= 0.6 is 22.7 Å². The number of hydrogen-bond acceptors (Lipinski definition) is 11. The molecule has 0 bridgehead atoms. The molecule has 280 valence electrons. The van der Waals surface area contributed by atoms with Crippen molar-refractivity contribution < 1.29 is 34.5 Å². The smallest absolute Gasteiger partial charge is 0.351 e. The summed E-state index contributed by atoms with van der Waals surface area (Å²) in [6.45, 7) is 9.18. The summed E-state index contributed by atoms with van der Waals surface area (Å²) in [5, 5.41) is 36.8. The highest BCUT2D eigenvalue weighted by Gasteiger charge is 2.44. The number of nitrogens with zero attached hydrogens (tertiary/aromatic N) is 4. The van der Waals surface area contributed by atoms with E-state index >= 15 is 0 Å². The van der Waals surface area contributed by atoms with E-state index in [0.29, 0.717) is 60.2 Å². The molecule has 2 aliphatic rings. The maximum atomic E-state index is 13.5. The predicted molar refractivity (Wildman–Crippen MR) is 203 cm³/mol. The summed E-state index contributed by atoms with van der Waals surface area (Å²) in [7, 11) is 0. The van der Waals surface area contributed by atoms with Gasteiger partial charge in [-0.3, -0.25) is 24.2 Å². The van der Waals surface area contributed by atoms with Gasteiger partial charge < -0.3 is 26.0 Å². The molecule has 13 nitrogen and oxygen atoms in total. The molecule has 2 aromatic heterocycles. The summed E-state index contributed by atoms with van der Waals surface area (Å²) in [6, 6.07) is 10.7. The van der Waals surface area contributed by atoms with Crippen molar-refractivity contribution in [1.29, 1.82) is 0 Å². The minimum Gasteiger partial charge on any atom is -0.480 e. The first-order valence-electron chi connectivity index (χ1n) is 17.7. The van der Waals surface area contributed by atoms with E-state index in [-0.39, 0.29) is 23.9 Å². The van der Waals surface area contributed by atoms with Crippen LogP contribution in [0.2, 0.25) is 0 Å². The van der Waals surface area contributed by atoms with Crippen LogP contribution in [0.4, 0.5) is 11.4 Å². The molecule has 4 aromatic rings. The number of anilines is 2. The fourth-order valence-corrected chi connectivity index (χ4v) is 9.06. The number of carboxylic acid groups (broad SMARTS) is 2. The van der Waals surface area contributed by atoms with E-state index in [2.05, 4.69) is 20.6 Å². The van der Waals surface area contributed by atoms with Gasteiger partial charge in [0.05, 0.1) is 11.4 Å². The minimum atomic E-state index is -1.95. The molecular weight excluding hydrogens is 717 g/mol. The third-order valence-corrected chi connectivity index (χ3v) is 12.6. The molecule has 0 aliphatic carbocycles. The van der Waals surface area contributed by atoms with E-state index in [1.165, 1.54) is 27.6 Å². The summed E-state index contributed by atoms with van der Waals surface area (Å²) >= 11 is 2.46. The molecule has 2 fully saturated rings. The maximum Gasteiger partial charge on any atom is 0.351 e. The standard InChI is InChI=1S/C38H44N6O7S2/c1-21-25(11-9-13-27(21)41-32(45)34-39-23(3)30(52-34)19-43-17-7-5-15-29(43)36(47)48)26-12-10-14-28(22(26)2)42-33(46)35-40-24(4)31(53-35)20-44-18-8-6-16-38(44,51)37(49)50/h9-14,29,51H,5-8,15-20H2,1-4H3,(H,41,45)(H,42,46)(H,47,48)(H,49,50)/t29?,38-/m0/s1. The maximum absolute atomic E-state index is 13.5. The Hall–Kier alpha value is -4.54. The van der Waals surface area contributed by atoms with Crippen molar-refractivity contribution >= 4 is 57.8 Å². The Balaban J connectivity index is 1.16. The summed E-state index contributed by atoms with van der Waals surface area (Å²) in [4.78, 5) is 64.7. The largest absolute Gasteiger partial charge is 0.480 e. The van der Waals surface area contributed by atoms with Crippen LogP contribution in [0.25, 0.3) is 11.1 Å². The van der Waals surface area contributed by atoms with Crippen molar-refractivity contribution in [1.82, 2.24) is 19.8 Å². The highest BCUT2D eigenvalue weighted by molar-refractivity contribution is 7.14. The highest BCUT2D eigenvalue weighted by Crippen LogP contribution is 2.35. The number of aliphatic carboxylic acids is 2. The molecule has 2 aliphatic heterocycles. The summed E-state index contributed by atoms with van der Waals surface area (Å²) < 4.78 is 0. The predicted octanol–water partition coefficient (Wildman–Crippen LogP) is 6.20. The fourth-order valence-electron chi connectivity index (χ4n) is 7.11. The monoisotopic (exact) mass is 760 g/mol. The van der Waals surface area contributed by atoms with Crippen LogP contribution in [0, 0.1) is 27.7 Å². The van der Waals surface area contributed by atoms with Crippen LogP contribution in [0.5, 0.6) is 0 Å². The lowest BCUT2D eigenvalue weighted by Gasteiger charge is -2.39. The van der Waals surface area contributed by atoms with Gasteiger partial charge in [0.25, 0.3) is 11.8 Å². The Kier molecular flexibility index (Phi) is 11.4. The average Bonchev–Trinajstić information content (AvgIpc) is 3.69. The number of nitrogens with one attached hydrogen (secondary N) is 2. The van der Waals surface area contributed by atoms with Crippen molar-refractivity contribution in [3.63, 3.8) is 0 Å². The van der Waals surface area contributed by atoms with Gasteiger partial charge in [-0.05, 0) is 94.3 Å². The molecule has 0 spiro atoms. The summed E-state index contributed by atoms with van der Waals surface area (Å²) in [5.41, 5.74) is 3.98. The Labute approximate surface area is 315 Å². The number of carbonyl (C=O) groups excluding carboxylic acids is 2. The van der Waals surface area contributed by atoms with Crippen LogP contribution in [-0.4, -0.2) is 83.7 Å². The minimum absolute atomic E-state index is 0.140. The van der Waals surface area contributed by atoms with Crippen LogP contribution < -0.4 is 10.6 Å². The molecule has 53 heavy (non-hydrogen) atoms. The van der Waals surface area contributed by atoms with Gasteiger partial charge >= 0.3 is 11.9 Å². The SMILES string of the molecule is Cc1nc(C(=O)Nc2cccc(-c3cccc(NC(=O)c4nc(C)c(CN5CCCC[C@]5(O)C(=O)O)s4)c3C)c2C)sc1CN1CCCCC1C(=O)O. The van der Waals surface area contributed by atoms with E-state index in [1.807, 2.05) is 62.1 Å². The molecule has 5 N–H and O–H groups in total. The zero-order valence-corrected chi connectivity index (χ0v) is 31.8. The molecule has 4 heterocycles. The molecule has 0 saturated carbocycles. The molecule has 0 radical (unpaired) electrons. The van der Waals surface area contributed by atoms with E-state index < -0.39 is 29.6 Å². The number of benzene rings is 2. The van der Waals surface area contributed by atoms with Crippen molar-refractivity contribution in [2.75, 3.05) is 23.7 Å². The second-order valence-electron chi connectivity index (χ2n) is 13.7. The number of rotatable bonds is 11. The van der Waals surface area contributed by atoms with Gasteiger partial charge in [-0.2, -0.15) is 0 Å². The van der Waals surface area contributed by atoms with Crippen molar-refractivity contribution in [2.24, 2.45) is 0 Å². The molecule has 1 unspecified atom stereocenters. The third-order valence-electron chi connectivity index (χ3n) is 10.3. The van der Waals surface area contributed by atoms with Gasteiger partial charge in [0.1, 0.15) is 6.04 Å². The van der Waals surface area contributed by atoms with Crippen LogP contribution in [0.1, 0.15) is 90.4 Å². The Morgan fingerprint density at radius 1 is 0.774 bits per heavy atom. The number of thiazole rings is 2. The molecule has 2 aromatic carbocycles. The zero-order chi connectivity index (χ0) is 38.0. The third kappa shape index (κ3) is 8.04. The van der Waals surface area contributed by atoms with Gasteiger partial charge in [-0.25, -0.2) is 14.8 Å². The normalized spacial score (nSPS) is 19.5. The molecule has 2 atom stereocenters. The molecule has 15 heteroatoms. The molecule has 6 rings (SSSR count). The van der Waals surface area contributed by atoms with E-state index in [0.717, 1.165) is 51.3 Å². The zero-order valence-electron chi connectivity index (χ0n) is 30.2. The van der Waals surface area contributed by atoms with Crippen molar-refractivity contribution in [3.8, 4) is 11.1 Å². The number of hydrogen-bond donors (Lipinski definition) is 5. The second-order valence-corrected chi connectivity index (χ2v) is 15.9. The second kappa shape index (κ2) is 15.8. The number of amides is 2. The summed E-state index contributed by atoms with van der Waals surface area (Å²) in [5.74, 6) is -2.84. The quantitative estimate of drug-likeness (QED) is 0.117. The van der Waals surface area contributed by atoms with Crippen molar-refractivity contribution in [2.45, 2.75) is 91.1 Å². The Bertz CT molecular complexity index is 2060. The average molecular weight is 761 g/mol. The first kappa shape index (κ1) is 38.2. The number of carbonyl (C=O) groups is 4. The van der Waals surface area contributed by atoms with E-state index in [9.17, 15) is 34.5 Å². The number of likely N-dealkylation sites (tertiary alicyclic amines) is 2. The molecule has 2 saturated heterocycles. The number of aromatic nitrogens is 2. The van der Waals surface area contributed by atoms with Gasteiger partial charge in [0.15, 0.2) is 10.0 Å². The lowest BCUT2D eigenvalue weighted by molar-refractivity contribution is -0.191. The number of aryl methyl sites for hydroxylation is 2. The van der Waals surface area contributed by atoms with E-state index in [1.54, 1.807) is 6.92 Å². The van der Waals surface area contributed by atoms with E-state index in [4.69, 9.17) is 0 Å². The first-order valence-corrected chi connectivity index (χ1v) is 19.3. The Morgan fingerprint density at radius 2 is 1.30 bits per heavy atom. The van der Waals surface area contributed by atoms with Crippen molar-refractivity contribution in [3.05, 3.63) is 78.7 Å². The van der Waals surface area contributed by atoms with Crippen LogP contribution in [0.15, 0.2) is 36.4 Å². The van der Waals surface area contributed by atoms with Gasteiger partial charge in [0, 0.05) is 47.2 Å². The lowest BCUT2D eigenvalue weighted by atomic mass is 9.94. The highest BCUT2D eigenvalue weighted by atomic mass is 32.1. The summed E-state index contributed by atoms with van der Waals surface area (Å²) in [6.07, 6.45) is 3.97. The first-order chi connectivity index (χ1) is 25.3. The van der Waals surface area contributed by atoms with Crippen LogP contribution in [-0.2, 0) is 22.7 Å². The van der Waals surface area contributed by atoms with Gasteiger partial charge in [-0.1, -0.05) is 30.7 Å². The lowest BCUT2D eigenvalue weighted by Crippen LogP contribution is -2.56. The number of piperidine rings is 2. The van der Waals surface area contributed by atoms with Gasteiger partial charge in [0.2, 0.25) is 5.72 Å².